The van der Waals surface area contributed by atoms with Crippen molar-refractivity contribution in [1.82, 2.24) is 4.90 Å². The molecule has 0 aliphatic carbocycles. The average Bonchev–Trinajstić information content (AvgIpc) is 2.57. The Morgan fingerprint density at radius 1 is 1.62 bits per heavy atom. The first kappa shape index (κ1) is 10.7. The van der Waals surface area contributed by atoms with E-state index in [1.165, 1.54) is 0 Å². The van der Waals surface area contributed by atoms with Gasteiger partial charge in [0.15, 0.2) is 0 Å². The fourth-order valence-electron chi connectivity index (χ4n) is 1.44. The summed E-state index contributed by atoms with van der Waals surface area (Å²) in [6.07, 6.45) is 2.13. The fourth-order valence-corrected chi connectivity index (χ4v) is 1.44. The van der Waals surface area contributed by atoms with Gasteiger partial charge in [0, 0.05) is 13.2 Å². The molecule has 0 saturated carbocycles. The van der Waals surface area contributed by atoms with Gasteiger partial charge < -0.3 is 9.53 Å². The minimum atomic E-state index is -0.345. The molecule has 1 rings (SSSR count). The molecule has 0 aromatic rings. The molecule has 3 heteroatoms. The summed E-state index contributed by atoms with van der Waals surface area (Å²) in [5.41, 5.74) is -0.345. The summed E-state index contributed by atoms with van der Waals surface area (Å²) in [5.74, 6) is 0.601. The van der Waals surface area contributed by atoms with Crippen LogP contribution in [0.25, 0.3) is 0 Å². The third-order valence-electron chi connectivity index (χ3n) is 2.83. The Kier molecular flexibility index (Phi) is 3.45. The van der Waals surface area contributed by atoms with Crippen LogP contribution in [0.3, 0.4) is 0 Å². The Morgan fingerprint density at radius 3 is 2.77 bits per heavy atom. The zero-order valence-corrected chi connectivity index (χ0v) is 8.75. The van der Waals surface area contributed by atoms with E-state index in [0.29, 0.717) is 5.92 Å². The summed E-state index contributed by atoms with van der Waals surface area (Å²) in [7, 11) is 1.99. The topological polar surface area (TPSA) is 29.5 Å². The van der Waals surface area contributed by atoms with Gasteiger partial charge in [-0.25, -0.2) is 0 Å². The molecule has 1 aliphatic rings. The first-order valence-electron chi connectivity index (χ1n) is 4.81. The van der Waals surface area contributed by atoms with Crippen LogP contribution in [0.5, 0.6) is 0 Å². The number of carbonyl (C=O) groups is 1. The number of aldehydes is 1. The molecule has 0 radical (unpaired) electrons. The standard InChI is InChI=1S/C10H19NO2/c1-10(2,8-12)11(3)6-9-4-5-13-7-9/h8-9H,4-7H2,1-3H3. The van der Waals surface area contributed by atoms with Crippen LogP contribution in [0.4, 0.5) is 0 Å². The van der Waals surface area contributed by atoms with Gasteiger partial charge in [0.05, 0.1) is 12.1 Å². The molecule has 76 valence electrons. The van der Waals surface area contributed by atoms with E-state index in [4.69, 9.17) is 4.74 Å². The minimum absolute atomic E-state index is 0.345. The molecular formula is C10H19NO2. The highest BCUT2D eigenvalue weighted by Crippen LogP contribution is 2.17. The molecule has 0 aromatic carbocycles. The van der Waals surface area contributed by atoms with E-state index in [1.807, 2.05) is 20.9 Å². The predicted octanol–water partition coefficient (Wildman–Crippen LogP) is 0.932. The Labute approximate surface area is 80.1 Å². The van der Waals surface area contributed by atoms with Gasteiger partial charge in [-0.3, -0.25) is 4.90 Å². The van der Waals surface area contributed by atoms with Gasteiger partial charge in [0.2, 0.25) is 0 Å². The van der Waals surface area contributed by atoms with E-state index in [1.54, 1.807) is 0 Å². The maximum absolute atomic E-state index is 10.8. The smallest absolute Gasteiger partial charge is 0.139 e. The lowest BCUT2D eigenvalue weighted by molar-refractivity contribution is -0.116. The molecule has 0 spiro atoms. The van der Waals surface area contributed by atoms with Gasteiger partial charge in [-0.05, 0) is 33.2 Å². The number of rotatable bonds is 4. The second-order valence-corrected chi connectivity index (χ2v) is 4.38. The van der Waals surface area contributed by atoms with Crippen LogP contribution in [0.1, 0.15) is 20.3 Å². The van der Waals surface area contributed by atoms with E-state index < -0.39 is 0 Å². The van der Waals surface area contributed by atoms with Crippen LogP contribution >= 0.6 is 0 Å². The summed E-state index contributed by atoms with van der Waals surface area (Å²) in [6.45, 7) is 6.55. The molecule has 3 nitrogen and oxygen atoms in total. The maximum atomic E-state index is 10.8. The van der Waals surface area contributed by atoms with Crippen molar-refractivity contribution in [2.75, 3.05) is 26.8 Å². The minimum Gasteiger partial charge on any atom is -0.381 e. The highest BCUT2D eigenvalue weighted by Gasteiger charge is 2.26. The summed E-state index contributed by atoms with van der Waals surface area (Å²) >= 11 is 0. The van der Waals surface area contributed by atoms with Gasteiger partial charge in [-0.1, -0.05) is 0 Å². The van der Waals surface area contributed by atoms with Crippen molar-refractivity contribution in [3.8, 4) is 0 Å². The molecule has 1 saturated heterocycles. The molecule has 0 bridgehead atoms. The Hall–Kier alpha value is -0.410. The van der Waals surface area contributed by atoms with Crippen LogP contribution in [-0.4, -0.2) is 43.5 Å². The summed E-state index contributed by atoms with van der Waals surface area (Å²) in [6, 6.07) is 0. The first-order chi connectivity index (χ1) is 6.06. The van der Waals surface area contributed by atoms with Crippen molar-refractivity contribution in [1.29, 1.82) is 0 Å². The van der Waals surface area contributed by atoms with Crippen LogP contribution in [0.2, 0.25) is 0 Å². The summed E-state index contributed by atoms with van der Waals surface area (Å²) in [5, 5.41) is 0. The van der Waals surface area contributed by atoms with Crippen LogP contribution in [0.15, 0.2) is 0 Å². The lowest BCUT2D eigenvalue weighted by Crippen LogP contribution is -2.44. The fraction of sp³-hybridized carbons (Fsp3) is 0.900. The highest BCUT2D eigenvalue weighted by molar-refractivity contribution is 5.62. The normalized spacial score (nSPS) is 23.8. The lowest BCUT2D eigenvalue weighted by Gasteiger charge is -2.32. The summed E-state index contributed by atoms with van der Waals surface area (Å²) < 4.78 is 5.29. The van der Waals surface area contributed by atoms with E-state index in [-0.39, 0.29) is 5.54 Å². The lowest BCUT2D eigenvalue weighted by atomic mass is 10.0. The maximum Gasteiger partial charge on any atom is 0.139 e. The molecule has 1 atom stereocenters. The van der Waals surface area contributed by atoms with Crippen molar-refractivity contribution in [2.45, 2.75) is 25.8 Å². The van der Waals surface area contributed by atoms with Crippen molar-refractivity contribution in [3.05, 3.63) is 0 Å². The zero-order chi connectivity index (χ0) is 9.90. The Morgan fingerprint density at radius 2 is 2.31 bits per heavy atom. The average molecular weight is 185 g/mol. The predicted molar refractivity (Wildman–Crippen MR) is 51.7 cm³/mol. The van der Waals surface area contributed by atoms with Gasteiger partial charge in [0.25, 0.3) is 0 Å². The molecule has 1 heterocycles. The first-order valence-corrected chi connectivity index (χ1v) is 4.81. The van der Waals surface area contributed by atoms with Crippen LogP contribution < -0.4 is 0 Å². The number of likely N-dealkylation sites (N-methyl/N-ethyl adjacent to an activating group) is 1. The van der Waals surface area contributed by atoms with Crippen molar-refractivity contribution >= 4 is 6.29 Å². The third-order valence-corrected chi connectivity index (χ3v) is 2.83. The summed E-state index contributed by atoms with van der Waals surface area (Å²) in [4.78, 5) is 12.9. The quantitative estimate of drug-likeness (QED) is 0.610. The van der Waals surface area contributed by atoms with E-state index in [9.17, 15) is 4.79 Å². The van der Waals surface area contributed by atoms with Crippen molar-refractivity contribution < 1.29 is 9.53 Å². The number of hydrogen-bond donors (Lipinski definition) is 0. The largest absolute Gasteiger partial charge is 0.381 e. The van der Waals surface area contributed by atoms with Crippen LogP contribution in [-0.2, 0) is 9.53 Å². The van der Waals surface area contributed by atoms with E-state index in [2.05, 4.69) is 4.90 Å². The number of hydrogen-bond acceptors (Lipinski definition) is 3. The van der Waals surface area contributed by atoms with Crippen molar-refractivity contribution in [3.63, 3.8) is 0 Å². The van der Waals surface area contributed by atoms with Crippen molar-refractivity contribution in [2.24, 2.45) is 5.92 Å². The molecular weight excluding hydrogens is 166 g/mol. The molecule has 0 aromatic heterocycles. The molecule has 1 unspecified atom stereocenters. The van der Waals surface area contributed by atoms with Gasteiger partial charge in [-0.2, -0.15) is 0 Å². The monoisotopic (exact) mass is 185 g/mol. The SMILES string of the molecule is CN(CC1CCOC1)C(C)(C)C=O. The van der Waals surface area contributed by atoms with E-state index in [0.717, 1.165) is 32.5 Å². The third kappa shape index (κ3) is 2.78. The zero-order valence-electron chi connectivity index (χ0n) is 8.75. The number of ether oxygens (including phenoxy) is 1. The molecule has 0 N–H and O–H groups in total. The molecule has 1 aliphatic heterocycles. The molecule has 13 heavy (non-hydrogen) atoms. The second kappa shape index (κ2) is 4.20. The Bertz CT molecular complexity index is 174. The molecule has 1 fully saturated rings. The van der Waals surface area contributed by atoms with E-state index >= 15 is 0 Å². The highest BCUT2D eigenvalue weighted by atomic mass is 16.5. The Balaban J connectivity index is 2.39. The number of carbonyl (C=O) groups excluding carboxylic acids is 1. The van der Waals surface area contributed by atoms with Gasteiger partial charge in [-0.15, -0.1) is 0 Å². The van der Waals surface area contributed by atoms with Gasteiger partial charge in [0.1, 0.15) is 6.29 Å². The van der Waals surface area contributed by atoms with Gasteiger partial charge >= 0.3 is 0 Å². The van der Waals surface area contributed by atoms with Crippen LogP contribution in [0, 0.1) is 5.92 Å². The number of nitrogens with zero attached hydrogens (tertiary/aromatic N) is 1. The second-order valence-electron chi connectivity index (χ2n) is 4.38. The molecule has 0 amide bonds.